The van der Waals surface area contributed by atoms with Gasteiger partial charge in [0.15, 0.2) is 0 Å². The van der Waals surface area contributed by atoms with Crippen LogP contribution in [0.2, 0.25) is 0 Å². The lowest BCUT2D eigenvalue weighted by atomic mass is 9.81. The molecule has 1 aliphatic rings. The second-order valence-electron chi connectivity index (χ2n) is 5.84. The van der Waals surface area contributed by atoms with Crippen molar-refractivity contribution in [2.45, 2.75) is 50.9 Å². The molecule has 0 aliphatic carbocycles. The van der Waals surface area contributed by atoms with Gasteiger partial charge in [-0.2, -0.15) is 13.2 Å². The number of benzene rings is 1. The van der Waals surface area contributed by atoms with Crippen LogP contribution in [0.25, 0.3) is 0 Å². The SMILES string of the molecule is CCC1NCC(NC(=O)C(F)(F)F)CC1c1ccc(C)cc1. The predicted molar refractivity (Wildman–Crippen MR) is 78.6 cm³/mol. The summed E-state index contributed by atoms with van der Waals surface area (Å²) >= 11 is 0. The van der Waals surface area contributed by atoms with Gasteiger partial charge in [0.1, 0.15) is 0 Å². The normalized spacial score (nSPS) is 25.8. The van der Waals surface area contributed by atoms with E-state index in [1.165, 1.54) is 0 Å². The van der Waals surface area contributed by atoms with Crippen LogP contribution in [0.4, 0.5) is 13.2 Å². The fraction of sp³-hybridized carbons (Fsp3) is 0.562. The van der Waals surface area contributed by atoms with Gasteiger partial charge in [-0.25, -0.2) is 0 Å². The average Bonchev–Trinajstić information content (AvgIpc) is 2.47. The Labute approximate surface area is 128 Å². The Balaban J connectivity index is 2.10. The predicted octanol–water partition coefficient (Wildman–Crippen LogP) is 2.90. The van der Waals surface area contributed by atoms with E-state index in [0.29, 0.717) is 13.0 Å². The van der Waals surface area contributed by atoms with Crippen LogP contribution in [0.3, 0.4) is 0 Å². The quantitative estimate of drug-likeness (QED) is 0.901. The lowest BCUT2D eigenvalue weighted by molar-refractivity contribution is -0.174. The molecule has 22 heavy (non-hydrogen) atoms. The Kier molecular flexibility index (Phi) is 5.11. The highest BCUT2D eigenvalue weighted by atomic mass is 19.4. The van der Waals surface area contributed by atoms with Crippen molar-refractivity contribution in [3.8, 4) is 0 Å². The summed E-state index contributed by atoms with van der Waals surface area (Å²) in [4.78, 5) is 11.1. The van der Waals surface area contributed by atoms with Crippen molar-refractivity contribution in [2.75, 3.05) is 6.54 Å². The zero-order valence-corrected chi connectivity index (χ0v) is 12.7. The number of amides is 1. The number of alkyl halides is 3. The van der Waals surface area contributed by atoms with Gasteiger partial charge < -0.3 is 10.6 Å². The van der Waals surface area contributed by atoms with Crippen LogP contribution >= 0.6 is 0 Å². The van der Waals surface area contributed by atoms with Crippen molar-refractivity contribution in [1.82, 2.24) is 10.6 Å². The van der Waals surface area contributed by atoms with Gasteiger partial charge >= 0.3 is 12.1 Å². The van der Waals surface area contributed by atoms with E-state index >= 15 is 0 Å². The van der Waals surface area contributed by atoms with Crippen molar-refractivity contribution in [2.24, 2.45) is 0 Å². The van der Waals surface area contributed by atoms with Gasteiger partial charge in [0, 0.05) is 24.5 Å². The summed E-state index contributed by atoms with van der Waals surface area (Å²) in [5.41, 5.74) is 2.23. The molecule has 2 rings (SSSR count). The number of aryl methyl sites for hydroxylation is 1. The van der Waals surface area contributed by atoms with E-state index in [4.69, 9.17) is 0 Å². The molecular formula is C16H21F3N2O. The van der Waals surface area contributed by atoms with E-state index in [0.717, 1.165) is 17.5 Å². The van der Waals surface area contributed by atoms with Crippen molar-refractivity contribution >= 4 is 5.91 Å². The molecule has 0 aromatic heterocycles. The maximum Gasteiger partial charge on any atom is 0.471 e. The Morgan fingerprint density at radius 2 is 1.95 bits per heavy atom. The van der Waals surface area contributed by atoms with Gasteiger partial charge in [0.2, 0.25) is 0 Å². The molecule has 2 N–H and O–H groups in total. The zero-order valence-electron chi connectivity index (χ0n) is 12.7. The summed E-state index contributed by atoms with van der Waals surface area (Å²) in [6.45, 7) is 4.41. The van der Waals surface area contributed by atoms with Crippen LogP contribution < -0.4 is 10.6 Å². The van der Waals surface area contributed by atoms with Gasteiger partial charge in [0.05, 0.1) is 0 Å². The summed E-state index contributed by atoms with van der Waals surface area (Å²) in [6.07, 6.45) is -3.43. The van der Waals surface area contributed by atoms with E-state index in [-0.39, 0.29) is 12.0 Å². The Hall–Kier alpha value is -1.56. The summed E-state index contributed by atoms with van der Waals surface area (Å²) in [7, 11) is 0. The number of piperidine rings is 1. The van der Waals surface area contributed by atoms with Crippen molar-refractivity contribution < 1.29 is 18.0 Å². The monoisotopic (exact) mass is 314 g/mol. The second kappa shape index (κ2) is 6.69. The molecule has 1 fully saturated rings. The molecule has 6 heteroatoms. The molecule has 122 valence electrons. The molecule has 1 heterocycles. The summed E-state index contributed by atoms with van der Waals surface area (Å²) in [6, 6.07) is 7.72. The molecule has 1 saturated heterocycles. The third-order valence-electron chi connectivity index (χ3n) is 4.19. The first kappa shape index (κ1) is 16.8. The van der Waals surface area contributed by atoms with Gasteiger partial charge in [-0.15, -0.1) is 0 Å². The standard InChI is InChI=1S/C16H21F3N2O/c1-3-14-13(11-6-4-10(2)5-7-11)8-12(9-20-14)21-15(22)16(17,18)19/h4-7,12-14,20H,3,8-9H2,1-2H3,(H,21,22). The van der Waals surface area contributed by atoms with Crippen LogP contribution in [0, 0.1) is 6.92 Å². The first-order valence-corrected chi connectivity index (χ1v) is 7.49. The van der Waals surface area contributed by atoms with Gasteiger partial charge in [-0.3, -0.25) is 4.79 Å². The first-order valence-electron chi connectivity index (χ1n) is 7.49. The van der Waals surface area contributed by atoms with Crippen LogP contribution in [0.5, 0.6) is 0 Å². The minimum absolute atomic E-state index is 0.0953. The number of carbonyl (C=O) groups excluding carboxylic acids is 1. The summed E-state index contributed by atoms with van der Waals surface area (Å²) < 4.78 is 37.1. The fourth-order valence-electron chi connectivity index (χ4n) is 2.98. The second-order valence-corrected chi connectivity index (χ2v) is 5.84. The molecule has 1 aromatic carbocycles. The molecule has 0 spiro atoms. The smallest absolute Gasteiger partial charge is 0.344 e. The first-order chi connectivity index (χ1) is 10.3. The van der Waals surface area contributed by atoms with E-state index in [1.54, 1.807) is 0 Å². The molecule has 0 bridgehead atoms. The molecule has 0 saturated carbocycles. The molecule has 1 aromatic rings. The highest BCUT2D eigenvalue weighted by Crippen LogP contribution is 2.30. The van der Waals surface area contributed by atoms with E-state index < -0.39 is 18.1 Å². The van der Waals surface area contributed by atoms with Crippen molar-refractivity contribution in [3.05, 3.63) is 35.4 Å². The Bertz CT molecular complexity index is 513. The topological polar surface area (TPSA) is 41.1 Å². The van der Waals surface area contributed by atoms with E-state index in [9.17, 15) is 18.0 Å². The maximum atomic E-state index is 12.4. The number of hydrogen-bond donors (Lipinski definition) is 2. The molecule has 1 amide bonds. The number of halogens is 3. The highest BCUT2D eigenvalue weighted by Gasteiger charge is 2.41. The highest BCUT2D eigenvalue weighted by molar-refractivity contribution is 5.82. The third-order valence-corrected chi connectivity index (χ3v) is 4.19. The number of hydrogen-bond acceptors (Lipinski definition) is 2. The lowest BCUT2D eigenvalue weighted by Gasteiger charge is -2.37. The number of rotatable bonds is 3. The Morgan fingerprint density at radius 3 is 2.50 bits per heavy atom. The van der Waals surface area contributed by atoms with Crippen LogP contribution in [0.15, 0.2) is 24.3 Å². The maximum absolute atomic E-state index is 12.4. The lowest BCUT2D eigenvalue weighted by Crippen LogP contribution is -2.54. The molecule has 3 atom stereocenters. The minimum atomic E-state index is -4.83. The van der Waals surface area contributed by atoms with E-state index in [2.05, 4.69) is 10.6 Å². The third kappa shape index (κ3) is 4.00. The molecular weight excluding hydrogens is 293 g/mol. The largest absolute Gasteiger partial charge is 0.471 e. The minimum Gasteiger partial charge on any atom is -0.344 e. The van der Waals surface area contributed by atoms with Crippen LogP contribution in [-0.4, -0.2) is 30.7 Å². The Morgan fingerprint density at radius 1 is 1.32 bits per heavy atom. The number of carbonyl (C=O) groups is 1. The van der Waals surface area contributed by atoms with Gasteiger partial charge in [-0.05, 0) is 25.3 Å². The molecule has 0 radical (unpaired) electrons. The van der Waals surface area contributed by atoms with Crippen molar-refractivity contribution in [1.29, 1.82) is 0 Å². The van der Waals surface area contributed by atoms with Crippen LogP contribution in [0.1, 0.15) is 36.8 Å². The van der Waals surface area contributed by atoms with E-state index in [1.807, 2.05) is 38.1 Å². The summed E-state index contributed by atoms with van der Waals surface area (Å²) in [5, 5.41) is 5.34. The zero-order chi connectivity index (χ0) is 16.3. The average molecular weight is 314 g/mol. The van der Waals surface area contributed by atoms with Gasteiger partial charge in [-0.1, -0.05) is 36.8 Å². The fourth-order valence-corrected chi connectivity index (χ4v) is 2.98. The number of nitrogens with one attached hydrogen (secondary N) is 2. The van der Waals surface area contributed by atoms with Crippen LogP contribution in [-0.2, 0) is 4.79 Å². The molecule has 3 unspecified atom stereocenters. The molecule has 3 nitrogen and oxygen atoms in total. The van der Waals surface area contributed by atoms with Crippen molar-refractivity contribution in [3.63, 3.8) is 0 Å². The molecule has 1 aliphatic heterocycles. The summed E-state index contributed by atoms with van der Waals surface area (Å²) in [5.74, 6) is -1.77. The van der Waals surface area contributed by atoms with Gasteiger partial charge in [0.25, 0.3) is 0 Å².